The van der Waals surface area contributed by atoms with Gasteiger partial charge in [0.1, 0.15) is 0 Å². The second kappa shape index (κ2) is 11.6. The van der Waals surface area contributed by atoms with Gasteiger partial charge in [-0.2, -0.15) is 0 Å². The summed E-state index contributed by atoms with van der Waals surface area (Å²) in [7, 11) is 0. The quantitative estimate of drug-likeness (QED) is 0.245. The zero-order chi connectivity index (χ0) is 14.6. The predicted octanol–water partition coefficient (Wildman–Crippen LogP) is 7.15. The van der Waals surface area contributed by atoms with Crippen LogP contribution < -0.4 is 0 Å². The number of unbranched alkanes of at least 4 members (excludes halogenated alkanes) is 4. The standard InChI is InChI=1S/C19H38/c1-6-10-12-15-19(9-4,16-13-11-7-2)17-14-18(5)8-3/h8,18H,3,6-7,9-17H2,1-2,4-5H3. The highest BCUT2D eigenvalue weighted by Crippen LogP contribution is 2.40. The maximum Gasteiger partial charge on any atom is -0.0264 e. The molecule has 0 amide bonds. The minimum Gasteiger partial charge on any atom is -0.103 e. The summed E-state index contributed by atoms with van der Waals surface area (Å²) in [6, 6.07) is 0. The van der Waals surface area contributed by atoms with E-state index in [1.165, 1.54) is 70.6 Å². The Balaban J connectivity index is 4.40. The summed E-state index contributed by atoms with van der Waals surface area (Å²) in [6.07, 6.45) is 17.5. The molecule has 0 saturated heterocycles. The third kappa shape index (κ3) is 8.50. The van der Waals surface area contributed by atoms with Crippen molar-refractivity contribution in [1.29, 1.82) is 0 Å². The lowest BCUT2D eigenvalue weighted by Gasteiger charge is -2.34. The van der Waals surface area contributed by atoms with Crippen LogP contribution in [-0.4, -0.2) is 0 Å². The second-order valence-electron chi connectivity index (χ2n) is 6.52. The van der Waals surface area contributed by atoms with Crippen molar-refractivity contribution in [3.63, 3.8) is 0 Å². The van der Waals surface area contributed by atoms with Crippen LogP contribution in [0.5, 0.6) is 0 Å². The van der Waals surface area contributed by atoms with E-state index in [0.29, 0.717) is 11.3 Å². The Morgan fingerprint density at radius 3 is 1.79 bits per heavy atom. The first-order valence-corrected chi connectivity index (χ1v) is 8.76. The van der Waals surface area contributed by atoms with Crippen LogP contribution in [0, 0.1) is 11.3 Å². The van der Waals surface area contributed by atoms with E-state index in [0.717, 1.165) is 0 Å². The summed E-state index contributed by atoms with van der Waals surface area (Å²) in [5.74, 6) is 0.684. The molecule has 0 bridgehead atoms. The summed E-state index contributed by atoms with van der Waals surface area (Å²) in [5.41, 5.74) is 0.627. The number of hydrogen-bond acceptors (Lipinski definition) is 0. The molecule has 0 saturated carbocycles. The van der Waals surface area contributed by atoms with Crippen molar-refractivity contribution in [3.8, 4) is 0 Å². The largest absolute Gasteiger partial charge is 0.103 e. The summed E-state index contributed by atoms with van der Waals surface area (Å²) in [4.78, 5) is 0. The van der Waals surface area contributed by atoms with Gasteiger partial charge in [0, 0.05) is 0 Å². The van der Waals surface area contributed by atoms with E-state index >= 15 is 0 Å². The van der Waals surface area contributed by atoms with Gasteiger partial charge in [0.05, 0.1) is 0 Å². The van der Waals surface area contributed by atoms with Gasteiger partial charge in [-0.25, -0.2) is 0 Å². The van der Waals surface area contributed by atoms with Crippen LogP contribution in [0.15, 0.2) is 12.7 Å². The van der Waals surface area contributed by atoms with Crippen LogP contribution in [0.25, 0.3) is 0 Å². The van der Waals surface area contributed by atoms with Crippen molar-refractivity contribution in [3.05, 3.63) is 12.7 Å². The van der Waals surface area contributed by atoms with Crippen LogP contribution in [0.2, 0.25) is 0 Å². The van der Waals surface area contributed by atoms with Crippen LogP contribution >= 0.6 is 0 Å². The van der Waals surface area contributed by atoms with Crippen LogP contribution in [-0.2, 0) is 0 Å². The molecule has 0 nitrogen and oxygen atoms in total. The second-order valence-corrected chi connectivity index (χ2v) is 6.52. The van der Waals surface area contributed by atoms with Gasteiger partial charge >= 0.3 is 0 Å². The van der Waals surface area contributed by atoms with E-state index < -0.39 is 0 Å². The fraction of sp³-hybridized carbons (Fsp3) is 0.895. The van der Waals surface area contributed by atoms with Gasteiger partial charge in [-0.1, -0.05) is 78.7 Å². The summed E-state index contributed by atoms with van der Waals surface area (Å²) in [6.45, 7) is 13.3. The van der Waals surface area contributed by atoms with Gasteiger partial charge in [0.15, 0.2) is 0 Å². The third-order valence-electron chi connectivity index (χ3n) is 4.90. The molecule has 0 radical (unpaired) electrons. The predicted molar refractivity (Wildman–Crippen MR) is 89.6 cm³/mol. The lowest BCUT2D eigenvalue weighted by atomic mass is 9.71. The smallest absolute Gasteiger partial charge is 0.0264 e. The molecule has 1 atom stereocenters. The van der Waals surface area contributed by atoms with Crippen molar-refractivity contribution >= 4 is 0 Å². The van der Waals surface area contributed by atoms with Crippen molar-refractivity contribution < 1.29 is 0 Å². The van der Waals surface area contributed by atoms with Crippen molar-refractivity contribution in [1.82, 2.24) is 0 Å². The molecule has 0 aliphatic heterocycles. The molecule has 0 fully saturated rings. The monoisotopic (exact) mass is 266 g/mol. The molecular weight excluding hydrogens is 228 g/mol. The normalized spacial score (nSPS) is 13.5. The van der Waals surface area contributed by atoms with Gasteiger partial charge in [0.25, 0.3) is 0 Å². The van der Waals surface area contributed by atoms with E-state index in [4.69, 9.17) is 0 Å². The molecule has 1 unspecified atom stereocenters. The topological polar surface area (TPSA) is 0 Å². The van der Waals surface area contributed by atoms with E-state index in [2.05, 4.69) is 40.3 Å². The maximum absolute atomic E-state index is 3.94. The Morgan fingerprint density at radius 1 is 0.895 bits per heavy atom. The summed E-state index contributed by atoms with van der Waals surface area (Å²) < 4.78 is 0. The highest BCUT2D eigenvalue weighted by Gasteiger charge is 2.26. The zero-order valence-electron chi connectivity index (χ0n) is 14.1. The van der Waals surface area contributed by atoms with Crippen molar-refractivity contribution in [2.75, 3.05) is 0 Å². The Labute approximate surface area is 123 Å². The van der Waals surface area contributed by atoms with Gasteiger partial charge in [-0.05, 0) is 37.0 Å². The molecule has 0 aromatic rings. The third-order valence-corrected chi connectivity index (χ3v) is 4.90. The van der Waals surface area contributed by atoms with Gasteiger partial charge < -0.3 is 0 Å². The highest BCUT2D eigenvalue weighted by molar-refractivity contribution is 4.82. The molecule has 0 heteroatoms. The molecular formula is C19H38. The molecule has 0 heterocycles. The first kappa shape index (κ1) is 18.7. The molecule has 0 rings (SSSR count). The minimum absolute atomic E-state index is 0.627. The fourth-order valence-electron chi connectivity index (χ4n) is 3.06. The number of hydrogen-bond donors (Lipinski definition) is 0. The van der Waals surface area contributed by atoms with Crippen LogP contribution in [0.1, 0.15) is 98.3 Å². The lowest BCUT2D eigenvalue weighted by molar-refractivity contribution is 0.183. The SMILES string of the molecule is C=CC(C)CCC(CC)(CCCCC)CCCCC. The number of rotatable bonds is 13. The molecule has 0 N–H and O–H groups in total. The average molecular weight is 267 g/mol. The first-order valence-electron chi connectivity index (χ1n) is 8.76. The minimum atomic E-state index is 0.627. The van der Waals surface area contributed by atoms with Gasteiger partial charge in [-0.15, -0.1) is 6.58 Å². The van der Waals surface area contributed by atoms with E-state index in [1.54, 1.807) is 0 Å². The fourth-order valence-corrected chi connectivity index (χ4v) is 3.06. The first-order chi connectivity index (χ1) is 9.14. The molecule has 0 aromatic carbocycles. The van der Waals surface area contributed by atoms with Crippen LogP contribution in [0.3, 0.4) is 0 Å². The zero-order valence-corrected chi connectivity index (χ0v) is 14.1. The van der Waals surface area contributed by atoms with Gasteiger partial charge in [-0.3, -0.25) is 0 Å². The average Bonchev–Trinajstić information content (AvgIpc) is 2.44. The van der Waals surface area contributed by atoms with Crippen LogP contribution in [0.4, 0.5) is 0 Å². The molecule has 0 aliphatic carbocycles. The van der Waals surface area contributed by atoms with E-state index in [-0.39, 0.29) is 0 Å². The molecule has 0 aromatic heterocycles. The summed E-state index contributed by atoms with van der Waals surface area (Å²) in [5, 5.41) is 0. The summed E-state index contributed by atoms with van der Waals surface area (Å²) >= 11 is 0. The highest BCUT2D eigenvalue weighted by atomic mass is 14.3. The number of allylic oxidation sites excluding steroid dienone is 1. The van der Waals surface area contributed by atoms with Crippen molar-refractivity contribution in [2.45, 2.75) is 98.3 Å². The van der Waals surface area contributed by atoms with E-state index in [9.17, 15) is 0 Å². The molecule has 19 heavy (non-hydrogen) atoms. The Bertz CT molecular complexity index is 194. The van der Waals surface area contributed by atoms with Gasteiger partial charge in [0.2, 0.25) is 0 Å². The Kier molecular flexibility index (Phi) is 11.4. The molecule has 0 aliphatic rings. The Morgan fingerprint density at radius 2 is 1.42 bits per heavy atom. The Hall–Kier alpha value is -0.260. The lowest BCUT2D eigenvalue weighted by Crippen LogP contribution is -2.21. The molecule has 114 valence electrons. The van der Waals surface area contributed by atoms with E-state index in [1.807, 2.05) is 0 Å². The van der Waals surface area contributed by atoms with Crippen molar-refractivity contribution in [2.24, 2.45) is 11.3 Å². The molecule has 0 spiro atoms. The maximum atomic E-state index is 3.94.